The van der Waals surface area contributed by atoms with Crippen molar-refractivity contribution in [2.75, 3.05) is 9.80 Å². The second kappa shape index (κ2) is 18.0. The molecule has 0 radical (unpaired) electrons. The number of benzene rings is 10. The molecule has 0 unspecified atom stereocenters. The van der Waals surface area contributed by atoms with Crippen molar-refractivity contribution in [3.63, 3.8) is 0 Å². The van der Waals surface area contributed by atoms with Gasteiger partial charge in [0.1, 0.15) is 0 Å². The molecule has 0 saturated heterocycles. The smallest absolute Gasteiger partial charge is 0.0465 e. The van der Waals surface area contributed by atoms with Crippen LogP contribution in [0.1, 0.15) is 110 Å². The van der Waals surface area contributed by atoms with Gasteiger partial charge in [-0.3, -0.25) is 0 Å². The molecule has 0 aromatic heterocycles. The van der Waals surface area contributed by atoms with Crippen molar-refractivity contribution in [1.82, 2.24) is 0 Å². The fourth-order valence-corrected chi connectivity index (χ4v) is 13.6. The topological polar surface area (TPSA) is 6.48 Å². The van der Waals surface area contributed by atoms with Gasteiger partial charge in [0.2, 0.25) is 0 Å². The van der Waals surface area contributed by atoms with Crippen molar-refractivity contribution in [3.05, 3.63) is 262 Å². The Labute approximate surface area is 457 Å². The van der Waals surface area contributed by atoms with Gasteiger partial charge in [0.05, 0.1) is 0 Å². The molecule has 77 heavy (non-hydrogen) atoms. The van der Waals surface area contributed by atoms with Crippen molar-refractivity contribution in [1.29, 1.82) is 0 Å². The van der Waals surface area contributed by atoms with Crippen molar-refractivity contribution in [2.45, 2.75) is 98.3 Å². The summed E-state index contributed by atoms with van der Waals surface area (Å²) in [5.74, 6) is 0. The Morgan fingerprint density at radius 1 is 0.260 bits per heavy atom. The van der Waals surface area contributed by atoms with Gasteiger partial charge in [-0.1, -0.05) is 173 Å². The number of fused-ring (bicyclic) bond motifs is 9. The Morgan fingerprint density at radius 2 is 0.481 bits per heavy atom. The largest absolute Gasteiger partial charge is 0.310 e. The third kappa shape index (κ3) is 7.66. The average Bonchev–Trinajstić information content (AvgIpc) is 3.96. The number of aryl methyl sites for hydroxylation is 4. The second-order valence-corrected chi connectivity index (χ2v) is 23.6. The van der Waals surface area contributed by atoms with Gasteiger partial charge in [0, 0.05) is 50.4 Å². The van der Waals surface area contributed by atoms with Crippen LogP contribution in [-0.2, 0) is 16.2 Å². The summed E-state index contributed by atoms with van der Waals surface area (Å²) in [7, 11) is 0. The van der Waals surface area contributed by atoms with Crippen LogP contribution in [0, 0.1) is 27.7 Å². The van der Waals surface area contributed by atoms with E-state index in [2.05, 4.69) is 285 Å². The van der Waals surface area contributed by atoms with Gasteiger partial charge in [-0.05, 0) is 227 Å². The second-order valence-electron chi connectivity index (χ2n) is 23.6. The number of hydrogen-bond donors (Lipinski definition) is 0. The monoisotopic (exact) mass is 997 g/mol. The maximum Gasteiger partial charge on any atom is 0.0465 e. The fourth-order valence-electron chi connectivity index (χ4n) is 13.6. The Bertz CT molecular complexity index is 3610. The minimum absolute atomic E-state index is 0.0937. The average molecular weight is 997 g/mol. The van der Waals surface area contributed by atoms with Crippen molar-refractivity contribution < 1.29 is 0 Å². The molecule has 2 nitrogen and oxygen atoms in total. The molecule has 10 aromatic carbocycles. The first-order valence-corrected chi connectivity index (χ1v) is 27.9. The Kier molecular flexibility index (Phi) is 11.3. The van der Waals surface area contributed by atoms with Gasteiger partial charge in [0.25, 0.3) is 0 Å². The zero-order valence-electron chi connectivity index (χ0n) is 46.4. The molecule has 0 heterocycles. The molecule has 0 amide bonds. The summed E-state index contributed by atoms with van der Waals surface area (Å²) >= 11 is 0. The highest BCUT2D eigenvalue weighted by Gasteiger charge is 2.42. The molecule has 0 spiro atoms. The summed E-state index contributed by atoms with van der Waals surface area (Å²) in [6, 6.07) is 79.0. The van der Waals surface area contributed by atoms with Crippen LogP contribution in [0.15, 0.2) is 206 Å². The predicted molar refractivity (Wildman–Crippen MR) is 328 cm³/mol. The highest BCUT2D eigenvalue weighted by atomic mass is 15.1. The summed E-state index contributed by atoms with van der Waals surface area (Å²) in [6.45, 7) is 23.1. The molecule has 0 atom stereocenters. The highest BCUT2D eigenvalue weighted by Crippen LogP contribution is 2.57. The van der Waals surface area contributed by atoms with Gasteiger partial charge in [-0.2, -0.15) is 0 Å². The minimum Gasteiger partial charge on any atom is -0.310 e. The summed E-state index contributed by atoms with van der Waals surface area (Å²) in [5, 5.41) is 0. The first-order chi connectivity index (χ1) is 37.2. The first-order valence-electron chi connectivity index (χ1n) is 27.9. The lowest BCUT2D eigenvalue weighted by Crippen LogP contribution is -2.23. The molecule has 2 heteroatoms. The van der Waals surface area contributed by atoms with E-state index in [4.69, 9.17) is 0 Å². The highest BCUT2D eigenvalue weighted by molar-refractivity contribution is 5.91. The predicted octanol–water partition coefficient (Wildman–Crippen LogP) is 20.9. The van der Waals surface area contributed by atoms with E-state index in [1.54, 1.807) is 0 Å². The van der Waals surface area contributed by atoms with Crippen LogP contribution < -0.4 is 9.80 Å². The molecule has 0 fully saturated rings. The van der Waals surface area contributed by atoms with E-state index in [0.717, 1.165) is 35.6 Å². The lowest BCUT2D eigenvalue weighted by Gasteiger charge is -2.30. The molecule has 10 aromatic rings. The zero-order chi connectivity index (χ0) is 53.1. The first kappa shape index (κ1) is 48.4. The fraction of sp³-hybridized carbons (Fsp3) is 0.200. The Balaban J connectivity index is 0.815. The molecule has 378 valence electrons. The van der Waals surface area contributed by atoms with Gasteiger partial charge < -0.3 is 9.80 Å². The number of hydrogen-bond acceptors (Lipinski definition) is 2. The number of anilines is 6. The van der Waals surface area contributed by atoms with Gasteiger partial charge >= 0.3 is 0 Å². The summed E-state index contributed by atoms with van der Waals surface area (Å²) in [6.07, 6.45) is 2.06. The Morgan fingerprint density at radius 3 is 0.753 bits per heavy atom. The van der Waals surface area contributed by atoms with E-state index in [9.17, 15) is 0 Å². The van der Waals surface area contributed by atoms with Crippen molar-refractivity contribution >= 4 is 34.1 Å². The third-order valence-electron chi connectivity index (χ3n) is 18.2. The maximum absolute atomic E-state index is 2.54. The van der Waals surface area contributed by atoms with Crippen LogP contribution in [0.5, 0.6) is 0 Å². The molecule has 0 N–H and O–H groups in total. The summed E-state index contributed by atoms with van der Waals surface area (Å²) in [4.78, 5) is 4.80. The molecule has 13 rings (SSSR count). The van der Waals surface area contributed by atoms with Gasteiger partial charge in [0.15, 0.2) is 0 Å². The molecular formula is C75H68N2. The molecule has 3 aliphatic rings. The molecule has 3 aliphatic carbocycles. The van der Waals surface area contributed by atoms with E-state index in [1.165, 1.54) is 123 Å². The van der Waals surface area contributed by atoms with E-state index in [0.29, 0.717) is 0 Å². The SMILES string of the molecule is CCC1(CC)c2cc(-c3ccc4c(c3)C(C)(C)c3cc(N(c5ccc(C)cc5)c5ccc(C)cc5)ccc3-4)ccc2-c2ccc(-c3ccc4c(c3)C(C)(C)c3cc(N(c5ccc(C)cc5)c5ccc(C)cc5)ccc3-4)cc21. The lowest BCUT2D eigenvalue weighted by atomic mass is 9.73. The van der Waals surface area contributed by atoms with Crippen LogP contribution in [0.2, 0.25) is 0 Å². The van der Waals surface area contributed by atoms with E-state index in [1.807, 2.05) is 0 Å². The van der Waals surface area contributed by atoms with Crippen LogP contribution in [0.3, 0.4) is 0 Å². The van der Waals surface area contributed by atoms with Gasteiger partial charge in [-0.15, -0.1) is 0 Å². The van der Waals surface area contributed by atoms with Crippen molar-refractivity contribution in [3.8, 4) is 55.6 Å². The summed E-state index contributed by atoms with van der Waals surface area (Å²) in [5.41, 5.74) is 33.2. The van der Waals surface area contributed by atoms with Crippen LogP contribution in [0.25, 0.3) is 55.6 Å². The van der Waals surface area contributed by atoms with E-state index in [-0.39, 0.29) is 16.2 Å². The van der Waals surface area contributed by atoms with Gasteiger partial charge in [-0.25, -0.2) is 0 Å². The van der Waals surface area contributed by atoms with E-state index < -0.39 is 0 Å². The maximum atomic E-state index is 2.54. The van der Waals surface area contributed by atoms with Crippen LogP contribution >= 0.6 is 0 Å². The number of rotatable bonds is 10. The van der Waals surface area contributed by atoms with Crippen molar-refractivity contribution in [2.24, 2.45) is 0 Å². The number of nitrogens with zero attached hydrogens (tertiary/aromatic N) is 2. The Hall–Kier alpha value is -8.20. The molecular weight excluding hydrogens is 929 g/mol. The quantitative estimate of drug-likeness (QED) is 0.135. The summed E-state index contributed by atoms with van der Waals surface area (Å²) < 4.78 is 0. The molecule has 0 saturated carbocycles. The van der Waals surface area contributed by atoms with Crippen LogP contribution in [-0.4, -0.2) is 0 Å². The third-order valence-corrected chi connectivity index (χ3v) is 18.2. The van der Waals surface area contributed by atoms with Crippen LogP contribution in [0.4, 0.5) is 34.1 Å². The molecule has 0 aliphatic heterocycles. The molecule has 0 bridgehead atoms. The van der Waals surface area contributed by atoms with E-state index >= 15 is 0 Å². The minimum atomic E-state index is -0.189. The zero-order valence-corrected chi connectivity index (χ0v) is 46.4. The lowest BCUT2D eigenvalue weighted by molar-refractivity contribution is 0.491. The standard InChI is InChI=1S/C75H68N2/c1-11-75(12-2)71-43-53(51-21-35-61-63-39-33-59(45-69(63)73(7,8)67(61)41-51)76(55-25-13-47(3)14-26-55)56-27-15-48(4)16-28-56)23-37-65(71)66-38-24-54(44-72(66)75)52-22-36-62-64-40-34-60(46-70(64)74(9,10)68(62)42-52)77(57-29-17-49(5)18-30-57)58-31-19-50(6)20-32-58/h13-46H,11-12H2,1-10H3. The normalized spacial score (nSPS) is 14.5.